The van der Waals surface area contributed by atoms with E-state index in [1.165, 1.54) is 16.9 Å². The summed E-state index contributed by atoms with van der Waals surface area (Å²) in [5.41, 5.74) is 2.12. The molecule has 0 atom stereocenters. The summed E-state index contributed by atoms with van der Waals surface area (Å²) in [6.45, 7) is 0.705. The van der Waals surface area contributed by atoms with Gasteiger partial charge in [-0.2, -0.15) is 0 Å². The van der Waals surface area contributed by atoms with Crippen LogP contribution in [0.15, 0.2) is 35.7 Å². The van der Waals surface area contributed by atoms with E-state index in [0.29, 0.717) is 13.0 Å². The zero-order valence-corrected chi connectivity index (χ0v) is 12.4. The first kappa shape index (κ1) is 14.5. The Hall–Kier alpha value is -1.88. The highest BCUT2D eigenvalue weighted by Gasteiger charge is 2.06. The highest BCUT2D eigenvalue weighted by atomic mass is 32.1. The number of rotatable bonds is 7. The summed E-state index contributed by atoms with van der Waals surface area (Å²) in [4.78, 5) is 16.0. The van der Waals surface area contributed by atoms with Crippen molar-refractivity contribution in [2.75, 3.05) is 18.9 Å². The SMILES string of the molecule is CNc1nc(CC(=O)NCCCc2ccccc2)cs1. The molecule has 2 aromatic rings. The van der Waals surface area contributed by atoms with Crippen LogP contribution >= 0.6 is 11.3 Å². The minimum Gasteiger partial charge on any atom is -0.365 e. The predicted octanol–water partition coefficient (Wildman–Crippen LogP) is 2.48. The minimum atomic E-state index is 0.0333. The third-order valence-electron chi connectivity index (χ3n) is 2.91. The van der Waals surface area contributed by atoms with Crippen LogP contribution in [-0.4, -0.2) is 24.5 Å². The first-order valence-corrected chi connectivity index (χ1v) is 7.58. The maximum atomic E-state index is 11.8. The molecule has 1 aromatic carbocycles. The van der Waals surface area contributed by atoms with Crippen molar-refractivity contribution < 1.29 is 4.79 Å². The number of aromatic nitrogens is 1. The molecule has 0 saturated heterocycles. The van der Waals surface area contributed by atoms with E-state index in [-0.39, 0.29) is 5.91 Å². The summed E-state index contributed by atoms with van der Waals surface area (Å²) >= 11 is 1.51. The molecule has 0 unspecified atom stereocenters. The number of hydrogen-bond acceptors (Lipinski definition) is 4. The van der Waals surface area contributed by atoms with Gasteiger partial charge in [-0.05, 0) is 18.4 Å². The van der Waals surface area contributed by atoms with Crippen molar-refractivity contribution in [3.63, 3.8) is 0 Å². The monoisotopic (exact) mass is 289 g/mol. The largest absolute Gasteiger partial charge is 0.365 e. The molecule has 0 fully saturated rings. The van der Waals surface area contributed by atoms with Crippen molar-refractivity contribution >= 4 is 22.4 Å². The van der Waals surface area contributed by atoms with Crippen LogP contribution in [0.2, 0.25) is 0 Å². The zero-order valence-electron chi connectivity index (χ0n) is 11.6. The Balaban J connectivity index is 1.65. The molecule has 2 rings (SSSR count). The van der Waals surface area contributed by atoms with E-state index in [4.69, 9.17) is 0 Å². The molecule has 2 N–H and O–H groups in total. The molecular weight excluding hydrogens is 270 g/mol. The van der Waals surface area contributed by atoms with E-state index in [1.54, 1.807) is 0 Å². The lowest BCUT2D eigenvalue weighted by Gasteiger charge is -2.04. The molecule has 20 heavy (non-hydrogen) atoms. The molecule has 0 aliphatic carbocycles. The Bertz CT molecular complexity index is 539. The zero-order chi connectivity index (χ0) is 14.2. The Labute approximate surface area is 123 Å². The van der Waals surface area contributed by atoms with Gasteiger partial charge in [-0.15, -0.1) is 11.3 Å². The molecule has 0 bridgehead atoms. The van der Waals surface area contributed by atoms with Gasteiger partial charge in [0.05, 0.1) is 12.1 Å². The third-order valence-corrected chi connectivity index (χ3v) is 3.82. The van der Waals surface area contributed by atoms with Crippen molar-refractivity contribution in [1.29, 1.82) is 0 Å². The summed E-state index contributed by atoms with van der Waals surface area (Å²) in [5, 5.41) is 8.66. The van der Waals surface area contributed by atoms with E-state index in [2.05, 4.69) is 27.8 Å². The Morgan fingerprint density at radius 1 is 1.30 bits per heavy atom. The predicted molar refractivity (Wildman–Crippen MR) is 83.1 cm³/mol. The quantitative estimate of drug-likeness (QED) is 0.770. The summed E-state index contributed by atoms with van der Waals surface area (Å²) < 4.78 is 0. The normalized spacial score (nSPS) is 10.2. The van der Waals surface area contributed by atoms with Crippen LogP contribution in [0.25, 0.3) is 0 Å². The lowest BCUT2D eigenvalue weighted by Crippen LogP contribution is -2.26. The van der Waals surface area contributed by atoms with Gasteiger partial charge in [0, 0.05) is 19.0 Å². The summed E-state index contributed by atoms with van der Waals surface area (Å²) in [6.07, 6.45) is 2.29. The molecule has 0 spiro atoms. The van der Waals surface area contributed by atoms with Gasteiger partial charge < -0.3 is 10.6 Å². The summed E-state index contributed by atoms with van der Waals surface area (Å²) in [7, 11) is 1.83. The fourth-order valence-corrected chi connectivity index (χ4v) is 2.57. The smallest absolute Gasteiger partial charge is 0.226 e. The molecule has 0 saturated carbocycles. The van der Waals surface area contributed by atoms with Gasteiger partial charge in [-0.1, -0.05) is 30.3 Å². The van der Waals surface area contributed by atoms with Crippen molar-refractivity contribution in [3.8, 4) is 0 Å². The van der Waals surface area contributed by atoms with Crippen LogP contribution in [0.3, 0.4) is 0 Å². The number of carbonyl (C=O) groups is 1. The number of nitrogens with one attached hydrogen (secondary N) is 2. The molecule has 1 amide bonds. The van der Waals surface area contributed by atoms with Crippen LogP contribution in [0.5, 0.6) is 0 Å². The number of hydrogen-bond donors (Lipinski definition) is 2. The van der Waals surface area contributed by atoms with Crippen LogP contribution in [0.4, 0.5) is 5.13 Å². The number of aryl methyl sites for hydroxylation is 1. The number of benzene rings is 1. The molecular formula is C15H19N3OS. The second-order valence-corrected chi connectivity index (χ2v) is 5.37. The van der Waals surface area contributed by atoms with Gasteiger partial charge in [-0.3, -0.25) is 4.79 Å². The van der Waals surface area contributed by atoms with Gasteiger partial charge in [0.25, 0.3) is 0 Å². The summed E-state index contributed by atoms with van der Waals surface area (Å²) in [6, 6.07) is 10.3. The molecule has 0 aliphatic heterocycles. The lowest BCUT2D eigenvalue weighted by molar-refractivity contribution is -0.120. The van der Waals surface area contributed by atoms with Crippen LogP contribution in [-0.2, 0) is 17.6 Å². The van der Waals surface area contributed by atoms with Crippen LogP contribution in [0.1, 0.15) is 17.7 Å². The van der Waals surface area contributed by atoms with Gasteiger partial charge in [0.1, 0.15) is 0 Å². The second-order valence-electron chi connectivity index (χ2n) is 4.51. The van der Waals surface area contributed by atoms with E-state index in [9.17, 15) is 4.79 Å². The first-order chi connectivity index (χ1) is 9.78. The molecule has 1 aromatic heterocycles. The molecule has 5 heteroatoms. The number of carbonyl (C=O) groups excluding carboxylic acids is 1. The van der Waals surface area contributed by atoms with Crippen LogP contribution < -0.4 is 10.6 Å². The van der Waals surface area contributed by atoms with Gasteiger partial charge in [-0.25, -0.2) is 4.98 Å². The van der Waals surface area contributed by atoms with Crippen molar-refractivity contribution in [1.82, 2.24) is 10.3 Å². The van der Waals surface area contributed by atoms with Crippen molar-refractivity contribution in [2.24, 2.45) is 0 Å². The summed E-state index contributed by atoms with van der Waals surface area (Å²) in [5.74, 6) is 0.0333. The molecule has 0 aliphatic rings. The highest BCUT2D eigenvalue weighted by molar-refractivity contribution is 7.13. The third kappa shape index (κ3) is 4.66. The Kier molecular flexibility index (Phi) is 5.55. The topological polar surface area (TPSA) is 54.0 Å². The Morgan fingerprint density at radius 2 is 2.10 bits per heavy atom. The second kappa shape index (κ2) is 7.65. The number of thiazole rings is 1. The van der Waals surface area contributed by atoms with Crippen LogP contribution in [0, 0.1) is 0 Å². The number of nitrogens with zero attached hydrogens (tertiary/aromatic N) is 1. The maximum absolute atomic E-state index is 11.8. The Morgan fingerprint density at radius 3 is 2.80 bits per heavy atom. The molecule has 0 radical (unpaired) electrons. The fourth-order valence-electron chi connectivity index (χ4n) is 1.89. The standard InChI is InChI=1S/C15H19N3OS/c1-16-15-18-13(11-20-15)10-14(19)17-9-5-8-12-6-3-2-4-7-12/h2-4,6-7,11H,5,8-10H2,1H3,(H,16,18)(H,17,19). The van der Waals surface area contributed by atoms with E-state index >= 15 is 0 Å². The average Bonchev–Trinajstić information content (AvgIpc) is 2.92. The molecule has 1 heterocycles. The van der Waals surface area contributed by atoms with E-state index in [1.807, 2.05) is 30.6 Å². The lowest BCUT2D eigenvalue weighted by atomic mass is 10.1. The fraction of sp³-hybridized carbons (Fsp3) is 0.333. The molecule has 106 valence electrons. The van der Waals surface area contributed by atoms with Crippen molar-refractivity contribution in [2.45, 2.75) is 19.3 Å². The van der Waals surface area contributed by atoms with E-state index < -0.39 is 0 Å². The van der Waals surface area contributed by atoms with E-state index in [0.717, 1.165) is 23.7 Å². The number of amides is 1. The average molecular weight is 289 g/mol. The number of anilines is 1. The van der Waals surface area contributed by atoms with Gasteiger partial charge in [0.15, 0.2) is 5.13 Å². The minimum absolute atomic E-state index is 0.0333. The maximum Gasteiger partial charge on any atom is 0.226 e. The molecule has 4 nitrogen and oxygen atoms in total. The highest BCUT2D eigenvalue weighted by Crippen LogP contribution is 2.14. The van der Waals surface area contributed by atoms with Gasteiger partial charge in [0.2, 0.25) is 5.91 Å². The first-order valence-electron chi connectivity index (χ1n) is 6.70. The van der Waals surface area contributed by atoms with Gasteiger partial charge >= 0.3 is 0 Å². The van der Waals surface area contributed by atoms with Crippen molar-refractivity contribution in [3.05, 3.63) is 47.0 Å².